The molecule has 5 rings (SSSR count). The number of rotatable bonds is 10. The molecule has 40 heavy (non-hydrogen) atoms. The fourth-order valence-corrected chi connectivity index (χ4v) is 7.10. The largest absolute Gasteiger partial charge is 0.357 e. The third kappa shape index (κ3) is 5.55. The van der Waals surface area contributed by atoms with Gasteiger partial charge in [0.1, 0.15) is 6.04 Å². The van der Waals surface area contributed by atoms with Gasteiger partial charge in [0.05, 0.1) is 10.6 Å². The summed E-state index contributed by atoms with van der Waals surface area (Å²) in [6, 6.07) is 26.8. The summed E-state index contributed by atoms with van der Waals surface area (Å²) in [6.07, 6.45) is 0.719. The van der Waals surface area contributed by atoms with Crippen LogP contribution in [0.5, 0.6) is 0 Å². The number of hydrogen-bond acceptors (Lipinski definition) is 4. The second kappa shape index (κ2) is 11.7. The number of sulfonamides is 1. The van der Waals surface area contributed by atoms with Gasteiger partial charge in [-0.15, -0.1) is 0 Å². The van der Waals surface area contributed by atoms with Crippen LogP contribution in [0.4, 0.5) is 5.69 Å². The molecule has 4 aromatic carbocycles. The first kappa shape index (κ1) is 27.7. The molecule has 9 heteroatoms. The van der Waals surface area contributed by atoms with Gasteiger partial charge in [0.2, 0.25) is 11.8 Å². The van der Waals surface area contributed by atoms with Crippen LogP contribution in [0.25, 0.3) is 10.8 Å². The molecule has 1 heterocycles. The summed E-state index contributed by atoms with van der Waals surface area (Å²) < 4.78 is 28.1. The smallest absolute Gasteiger partial charge is 0.265 e. The second-order valence-corrected chi connectivity index (χ2v) is 12.0. The molecule has 0 radical (unpaired) electrons. The van der Waals surface area contributed by atoms with E-state index in [1.807, 2.05) is 60.7 Å². The molecule has 4 aromatic rings. The molecule has 2 amide bonds. The number of benzene rings is 4. The molecule has 1 N–H and O–H groups in total. The lowest BCUT2D eigenvalue weighted by Gasteiger charge is -2.31. The Bertz CT molecular complexity index is 1640. The zero-order chi connectivity index (χ0) is 28.3. The Morgan fingerprint density at radius 2 is 1.60 bits per heavy atom. The summed E-state index contributed by atoms with van der Waals surface area (Å²) in [5.74, 6) is -0.498. The van der Waals surface area contributed by atoms with E-state index in [9.17, 15) is 18.0 Å². The molecule has 1 aliphatic rings. The molecule has 0 spiro atoms. The lowest BCUT2D eigenvalue weighted by atomic mass is 10.0. The Morgan fingerprint density at radius 3 is 2.30 bits per heavy atom. The minimum Gasteiger partial charge on any atom is -0.357 e. The van der Waals surface area contributed by atoms with E-state index >= 15 is 0 Å². The highest BCUT2D eigenvalue weighted by atomic mass is 35.5. The third-order valence-electron chi connectivity index (χ3n) is 7.22. The Balaban J connectivity index is 1.37. The van der Waals surface area contributed by atoms with Crippen molar-refractivity contribution in [1.29, 1.82) is 0 Å². The van der Waals surface area contributed by atoms with E-state index in [4.69, 9.17) is 11.6 Å². The molecule has 1 atom stereocenters. The zero-order valence-electron chi connectivity index (χ0n) is 22.1. The molecule has 206 valence electrons. The number of carbonyl (C=O) groups is 2. The summed E-state index contributed by atoms with van der Waals surface area (Å²) in [6.45, 7) is 0.369. The first-order chi connectivity index (χ1) is 19.3. The molecule has 0 bridgehead atoms. The van der Waals surface area contributed by atoms with Crippen LogP contribution in [0.2, 0.25) is 5.02 Å². The molecule has 0 saturated carbocycles. The maximum absolute atomic E-state index is 13.8. The number of anilines is 1. The lowest BCUT2D eigenvalue weighted by molar-refractivity contribution is -0.141. The van der Waals surface area contributed by atoms with Crippen molar-refractivity contribution in [3.05, 3.63) is 107 Å². The van der Waals surface area contributed by atoms with E-state index in [0.29, 0.717) is 33.8 Å². The highest BCUT2D eigenvalue weighted by Crippen LogP contribution is 2.42. The molecule has 1 aliphatic heterocycles. The third-order valence-corrected chi connectivity index (χ3v) is 9.32. The molecule has 0 saturated heterocycles. The van der Waals surface area contributed by atoms with Crippen molar-refractivity contribution >= 4 is 49.9 Å². The molecular formula is C31H30ClN3O4S. The number of amides is 2. The van der Waals surface area contributed by atoms with Gasteiger partial charge in [-0.3, -0.25) is 13.9 Å². The van der Waals surface area contributed by atoms with Crippen LogP contribution in [-0.2, 0) is 32.6 Å². The van der Waals surface area contributed by atoms with Crippen LogP contribution in [0, 0.1) is 0 Å². The Morgan fingerprint density at radius 1 is 0.900 bits per heavy atom. The first-order valence-corrected chi connectivity index (χ1v) is 15.0. The fourth-order valence-electron chi connectivity index (χ4n) is 5.22. The van der Waals surface area contributed by atoms with Crippen molar-refractivity contribution in [2.24, 2.45) is 0 Å². The predicted molar refractivity (Wildman–Crippen MR) is 158 cm³/mol. The van der Waals surface area contributed by atoms with E-state index in [1.54, 1.807) is 42.3 Å². The topological polar surface area (TPSA) is 86.8 Å². The molecule has 1 unspecified atom stereocenters. The van der Waals surface area contributed by atoms with Crippen molar-refractivity contribution in [2.75, 3.05) is 17.9 Å². The van der Waals surface area contributed by atoms with Crippen LogP contribution >= 0.6 is 11.6 Å². The lowest BCUT2D eigenvalue weighted by Crippen LogP contribution is -2.49. The summed E-state index contributed by atoms with van der Waals surface area (Å²) in [4.78, 5) is 28.7. The van der Waals surface area contributed by atoms with Crippen LogP contribution in [0.15, 0.2) is 95.9 Å². The molecule has 0 fully saturated rings. The van der Waals surface area contributed by atoms with Gasteiger partial charge in [-0.2, -0.15) is 0 Å². The van der Waals surface area contributed by atoms with Gasteiger partial charge in [0.25, 0.3) is 10.0 Å². The fraction of sp³-hybridized carbons (Fsp3) is 0.226. The van der Waals surface area contributed by atoms with Crippen molar-refractivity contribution in [2.45, 2.75) is 36.7 Å². The number of nitrogens with one attached hydrogen (secondary N) is 1. The second-order valence-electron chi connectivity index (χ2n) is 9.78. The van der Waals surface area contributed by atoms with Gasteiger partial charge in [-0.05, 0) is 47.2 Å². The van der Waals surface area contributed by atoms with Crippen molar-refractivity contribution in [3.63, 3.8) is 0 Å². The minimum atomic E-state index is -3.71. The number of halogens is 1. The Labute approximate surface area is 239 Å². The highest BCUT2D eigenvalue weighted by Gasteiger charge is 2.35. The zero-order valence-corrected chi connectivity index (χ0v) is 23.7. The van der Waals surface area contributed by atoms with E-state index in [2.05, 4.69) is 5.32 Å². The van der Waals surface area contributed by atoms with Gasteiger partial charge in [0.15, 0.2) is 0 Å². The van der Waals surface area contributed by atoms with E-state index < -0.39 is 16.1 Å². The molecule has 0 aromatic heterocycles. The molecular weight excluding hydrogens is 546 g/mol. The van der Waals surface area contributed by atoms with Crippen molar-refractivity contribution in [1.82, 2.24) is 10.2 Å². The van der Waals surface area contributed by atoms with Gasteiger partial charge in [-0.1, -0.05) is 78.3 Å². The SMILES string of the molecule is CNC(=O)C(Cc1ccccc1)N(Cc1ccc(Cl)cc1)C(=O)CCCN1c2cccc3cccc(c23)S1(=O)=O. The first-order valence-electron chi connectivity index (χ1n) is 13.1. The Hall–Kier alpha value is -3.88. The van der Waals surface area contributed by atoms with E-state index in [1.165, 1.54) is 4.31 Å². The molecule has 0 aliphatic carbocycles. The maximum Gasteiger partial charge on any atom is 0.265 e. The quantitative estimate of drug-likeness (QED) is 0.283. The Kier molecular flexibility index (Phi) is 8.09. The number of hydrogen-bond donors (Lipinski definition) is 1. The van der Waals surface area contributed by atoms with Crippen molar-refractivity contribution in [3.8, 4) is 0 Å². The van der Waals surface area contributed by atoms with Gasteiger partial charge in [0, 0.05) is 43.4 Å². The normalized spacial score (nSPS) is 14.2. The average Bonchev–Trinajstić information content (AvgIpc) is 3.19. The summed E-state index contributed by atoms with van der Waals surface area (Å²) in [5, 5.41) is 4.86. The standard InChI is InChI=1S/C31H30ClN3O4S/c1-33-31(37)27(20-22-8-3-2-4-9-22)34(21-23-15-17-25(32)18-16-23)29(36)14-7-19-35-26-12-5-10-24-11-6-13-28(30(24)26)40(35,38)39/h2-6,8-13,15-18,27H,7,14,19-21H2,1H3,(H,33,37). The van der Waals surface area contributed by atoms with Crippen LogP contribution in [0.1, 0.15) is 24.0 Å². The maximum atomic E-state index is 13.8. The molecule has 7 nitrogen and oxygen atoms in total. The van der Waals surface area contributed by atoms with Crippen LogP contribution in [-0.4, -0.2) is 44.8 Å². The highest BCUT2D eigenvalue weighted by molar-refractivity contribution is 7.93. The average molecular weight is 576 g/mol. The number of likely N-dealkylation sites (N-methyl/N-ethyl adjacent to an activating group) is 1. The number of carbonyl (C=O) groups excluding carboxylic acids is 2. The number of nitrogens with zero attached hydrogens (tertiary/aromatic N) is 2. The summed E-state index contributed by atoms with van der Waals surface area (Å²) in [5.41, 5.74) is 2.40. The van der Waals surface area contributed by atoms with Gasteiger partial charge >= 0.3 is 0 Å². The van der Waals surface area contributed by atoms with E-state index in [-0.39, 0.29) is 31.3 Å². The van der Waals surface area contributed by atoms with Gasteiger partial charge < -0.3 is 10.2 Å². The van der Waals surface area contributed by atoms with E-state index in [0.717, 1.165) is 16.5 Å². The summed E-state index contributed by atoms with van der Waals surface area (Å²) in [7, 11) is -2.15. The predicted octanol–water partition coefficient (Wildman–Crippen LogP) is 5.17. The minimum absolute atomic E-state index is 0.0776. The van der Waals surface area contributed by atoms with Crippen LogP contribution < -0.4 is 9.62 Å². The van der Waals surface area contributed by atoms with Gasteiger partial charge in [-0.25, -0.2) is 8.42 Å². The summed E-state index contributed by atoms with van der Waals surface area (Å²) >= 11 is 6.07. The van der Waals surface area contributed by atoms with Crippen molar-refractivity contribution < 1.29 is 18.0 Å². The van der Waals surface area contributed by atoms with Crippen LogP contribution in [0.3, 0.4) is 0 Å². The monoisotopic (exact) mass is 575 g/mol.